The third-order valence-electron chi connectivity index (χ3n) is 4.44. The molecule has 3 aromatic rings. The summed E-state index contributed by atoms with van der Waals surface area (Å²) in [5, 5.41) is 15.2. The summed E-state index contributed by atoms with van der Waals surface area (Å²) in [6.45, 7) is 3.61. The van der Waals surface area contributed by atoms with Crippen LogP contribution in [0.5, 0.6) is 0 Å². The fraction of sp³-hybridized carbons (Fsp3) is 0.0952. The van der Waals surface area contributed by atoms with E-state index in [0.29, 0.717) is 11.3 Å². The summed E-state index contributed by atoms with van der Waals surface area (Å²) in [5.74, 6) is -2.08. The maximum atomic E-state index is 13.2. The van der Waals surface area contributed by atoms with E-state index in [0.717, 1.165) is 30.0 Å². The van der Waals surface area contributed by atoms with Gasteiger partial charge in [-0.1, -0.05) is 23.8 Å². The van der Waals surface area contributed by atoms with Crippen LogP contribution in [-0.2, 0) is 10.0 Å². The topological polar surface area (TPSA) is 114 Å². The molecule has 0 amide bonds. The van der Waals surface area contributed by atoms with Gasteiger partial charge in [-0.3, -0.25) is 20.3 Å². The highest BCUT2D eigenvalue weighted by atomic mass is 32.2. The number of nitro benzene ring substituents is 1. The van der Waals surface area contributed by atoms with Gasteiger partial charge < -0.3 is 0 Å². The summed E-state index contributed by atoms with van der Waals surface area (Å²) in [6, 6.07) is 11.5. The lowest BCUT2D eigenvalue weighted by molar-refractivity contribution is -0.384. The maximum Gasteiger partial charge on any atom is 0.295 e. The van der Waals surface area contributed by atoms with Gasteiger partial charge >= 0.3 is 0 Å². The lowest BCUT2D eigenvalue weighted by Crippen LogP contribution is -2.14. The van der Waals surface area contributed by atoms with Gasteiger partial charge in [-0.05, 0) is 55.3 Å². The first-order valence-corrected chi connectivity index (χ1v) is 10.7. The van der Waals surface area contributed by atoms with E-state index >= 15 is 0 Å². The molecule has 0 aliphatic carbocycles. The Labute approximate surface area is 182 Å². The van der Waals surface area contributed by atoms with Crippen molar-refractivity contribution in [3.63, 3.8) is 0 Å². The van der Waals surface area contributed by atoms with Crippen molar-refractivity contribution in [3.8, 4) is 0 Å². The van der Waals surface area contributed by atoms with Crippen LogP contribution < -0.4 is 10.1 Å². The van der Waals surface area contributed by atoms with E-state index in [1.165, 1.54) is 18.2 Å². The van der Waals surface area contributed by atoms with E-state index in [-0.39, 0.29) is 16.1 Å². The van der Waals surface area contributed by atoms with Crippen LogP contribution in [0.25, 0.3) is 0 Å². The summed E-state index contributed by atoms with van der Waals surface area (Å²) in [4.78, 5) is 10.4. The number of hydrazone groups is 1. The van der Waals surface area contributed by atoms with Gasteiger partial charge in [0.15, 0.2) is 11.6 Å². The van der Waals surface area contributed by atoms with Gasteiger partial charge in [-0.25, -0.2) is 17.2 Å². The number of benzene rings is 3. The molecule has 3 rings (SSSR count). The molecule has 0 spiro atoms. The minimum atomic E-state index is -4.09. The van der Waals surface area contributed by atoms with E-state index in [4.69, 9.17) is 0 Å². The zero-order valence-corrected chi connectivity index (χ0v) is 17.8. The first-order valence-electron chi connectivity index (χ1n) is 9.19. The zero-order chi connectivity index (χ0) is 23.5. The van der Waals surface area contributed by atoms with Crippen molar-refractivity contribution in [2.75, 3.05) is 10.1 Å². The van der Waals surface area contributed by atoms with Crippen LogP contribution in [0.15, 0.2) is 64.6 Å². The van der Waals surface area contributed by atoms with Gasteiger partial charge in [-0.2, -0.15) is 5.10 Å². The Morgan fingerprint density at radius 2 is 1.69 bits per heavy atom. The molecule has 0 radical (unpaired) electrons. The Morgan fingerprint density at radius 3 is 2.34 bits per heavy atom. The molecule has 0 fully saturated rings. The molecule has 0 saturated heterocycles. The molecule has 0 aliphatic rings. The van der Waals surface area contributed by atoms with E-state index in [9.17, 15) is 27.3 Å². The number of anilines is 2. The molecule has 166 valence electrons. The highest BCUT2D eigenvalue weighted by Crippen LogP contribution is 2.29. The standard InChI is InChI=1S/C21H18F2N4O4S/c1-13-3-7-19(14(2)9-13)26-32(30,31)16-5-8-20(21(11-16)27(28)29)25-24-12-15-4-6-17(22)18(23)10-15/h3-12,25-26H,1-2H3/b24-12+. The number of hydrogen-bond donors (Lipinski definition) is 2. The Balaban J connectivity index is 1.85. The Morgan fingerprint density at radius 1 is 0.969 bits per heavy atom. The predicted octanol–water partition coefficient (Wildman–Crippen LogP) is 4.74. The predicted molar refractivity (Wildman–Crippen MR) is 117 cm³/mol. The highest BCUT2D eigenvalue weighted by molar-refractivity contribution is 7.92. The largest absolute Gasteiger partial charge is 0.295 e. The number of halogens is 2. The molecule has 0 saturated carbocycles. The van der Waals surface area contributed by atoms with Crippen molar-refractivity contribution in [2.24, 2.45) is 5.10 Å². The van der Waals surface area contributed by atoms with Crippen LogP contribution in [0.2, 0.25) is 0 Å². The second-order valence-electron chi connectivity index (χ2n) is 6.90. The van der Waals surface area contributed by atoms with Crippen molar-refractivity contribution in [3.05, 3.63) is 93.0 Å². The van der Waals surface area contributed by atoms with E-state index in [2.05, 4.69) is 15.2 Å². The molecule has 2 N–H and O–H groups in total. The smallest absolute Gasteiger partial charge is 0.279 e. The first kappa shape index (κ1) is 22.8. The zero-order valence-electron chi connectivity index (χ0n) is 17.0. The summed E-state index contributed by atoms with van der Waals surface area (Å²) >= 11 is 0. The molecule has 11 heteroatoms. The monoisotopic (exact) mass is 460 g/mol. The number of hydrogen-bond acceptors (Lipinski definition) is 6. The minimum absolute atomic E-state index is 0.0840. The van der Waals surface area contributed by atoms with Gasteiger partial charge in [0.05, 0.1) is 21.7 Å². The van der Waals surface area contributed by atoms with Gasteiger partial charge in [0.2, 0.25) is 0 Å². The Kier molecular flexibility index (Phi) is 6.49. The van der Waals surface area contributed by atoms with Gasteiger partial charge in [0, 0.05) is 6.07 Å². The molecular formula is C21H18F2N4O4S. The Bertz CT molecular complexity index is 1330. The average Bonchev–Trinajstić information content (AvgIpc) is 2.72. The fourth-order valence-electron chi connectivity index (χ4n) is 2.83. The summed E-state index contributed by atoms with van der Waals surface area (Å²) in [7, 11) is -4.09. The van der Waals surface area contributed by atoms with Crippen molar-refractivity contribution < 1.29 is 22.1 Å². The summed E-state index contributed by atoms with van der Waals surface area (Å²) in [5.41, 5.74) is 4.04. The number of aryl methyl sites for hydroxylation is 2. The van der Waals surface area contributed by atoms with Crippen molar-refractivity contribution in [2.45, 2.75) is 18.7 Å². The molecule has 0 aromatic heterocycles. The third-order valence-corrected chi connectivity index (χ3v) is 5.81. The molecular weight excluding hydrogens is 442 g/mol. The van der Waals surface area contributed by atoms with Gasteiger partial charge in [-0.15, -0.1) is 0 Å². The molecule has 0 heterocycles. The highest BCUT2D eigenvalue weighted by Gasteiger charge is 2.22. The summed E-state index contributed by atoms with van der Waals surface area (Å²) < 4.78 is 54.1. The lowest BCUT2D eigenvalue weighted by Gasteiger charge is -2.12. The second-order valence-corrected chi connectivity index (χ2v) is 8.59. The van der Waals surface area contributed by atoms with Crippen molar-refractivity contribution >= 4 is 33.3 Å². The van der Waals surface area contributed by atoms with Crippen molar-refractivity contribution in [1.82, 2.24) is 0 Å². The van der Waals surface area contributed by atoms with Crippen LogP contribution in [0.1, 0.15) is 16.7 Å². The number of nitro groups is 1. The summed E-state index contributed by atoms with van der Waals surface area (Å²) in [6.07, 6.45) is 1.14. The van der Waals surface area contributed by atoms with Gasteiger partial charge in [0.1, 0.15) is 5.69 Å². The number of nitrogens with zero attached hydrogens (tertiary/aromatic N) is 2. The van der Waals surface area contributed by atoms with Gasteiger partial charge in [0.25, 0.3) is 15.7 Å². The quantitative estimate of drug-likeness (QED) is 0.300. The maximum absolute atomic E-state index is 13.2. The molecule has 3 aromatic carbocycles. The van der Waals surface area contributed by atoms with Crippen LogP contribution >= 0.6 is 0 Å². The van der Waals surface area contributed by atoms with Crippen LogP contribution in [0, 0.1) is 35.6 Å². The Hall–Kier alpha value is -3.86. The number of sulfonamides is 1. The van der Waals surface area contributed by atoms with Crippen LogP contribution in [0.3, 0.4) is 0 Å². The minimum Gasteiger partial charge on any atom is -0.279 e. The van der Waals surface area contributed by atoms with Crippen molar-refractivity contribution in [1.29, 1.82) is 0 Å². The third kappa shape index (κ3) is 5.24. The molecule has 0 unspecified atom stereocenters. The average molecular weight is 460 g/mol. The normalized spacial score (nSPS) is 11.5. The van der Waals surface area contributed by atoms with E-state index in [1.54, 1.807) is 25.1 Å². The van der Waals surface area contributed by atoms with Crippen LogP contribution in [-0.4, -0.2) is 19.6 Å². The number of rotatable bonds is 7. The van der Waals surface area contributed by atoms with E-state index < -0.39 is 32.3 Å². The first-order chi connectivity index (χ1) is 15.1. The lowest BCUT2D eigenvalue weighted by atomic mass is 10.1. The number of nitrogens with one attached hydrogen (secondary N) is 2. The van der Waals surface area contributed by atoms with Crippen LogP contribution in [0.4, 0.5) is 25.8 Å². The molecule has 0 atom stereocenters. The molecule has 0 aliphatic heterocycles. The SMILES string of the molecule is Cc1ccc(NS(=O)(=O)c2ccc(N/N=C/c3ccc(F)c(F)c3)c([N+](=O)[O-])c2)c(C)c1. The van der Waals surface area contributed by atoms with E-state index in [1.807, 2.05) is 6.92 Å². The molecule has 8 nitrogen and oxygen atoms in total. The fourth-order valence-corrected chi connectivity index (χ4v) is 3.98. The second kappa shape index (κ2) is 9.10. The molecule has 0 bridgehead atoms. The molecule has 32 heavy (non-hydrogen) atoms.